The molecular formula is C47H74O18. The van der Waals surface area contributed by atoms with Gasteiger partial charge in [-0.05, 0) is 98.7 Å². The van der Waals surface area contributed by atoms with Crippen LogP contribution in [0.2, 0.25) is 0 Å². The molecule has 11 N–H and O–H groups in total. The van der Waals surface area contributed by atoms with Crippen LogP contribution >= 0.6 is 0 Å². The predicted molar refractivity (Wildman–Crippen MR) is 226 cm³/mol. The Kier molecular flexibility index (Phi) is 13.5. The second-order valence-corrected chi connectivity index (χ2v) is 22.2. The molecule has 0 bridgehead atoms. The Morgan fingerprint density at radius 1 is 0.738 bits per heavy atom. The van der Waals surface area contributed by atoms with Crippen molar-refractivity contribution in [3.8, 4) is 0 Å². The summed E-state index contributed by atoms with van der Waals surface area (Å²) in [4.78, 5) is 14.8. The molecular weight excluding hydrogens is 852 g/mol. The average Bonchev–Trinajstić information content (AvgIpc) is 3.25. The second kappa shape index (κ2) is 17.6. The first kappa shape index (κ1) is 49.7. The van der Waals surface area contributed by atoms with Gasteiger partial charge < -0.3 is 84.6 Å². The Balaban J connectivity index is 0.969. The third-order valence-corrected chi connectivity index (χ3v) is 18.6. The van der Waals surface area contributed by atoms with Gasteiger partial charge in [0.1, 0.15) is 67.1 Å². The van der Waals surface area contributed by atoms with E-state index in [1.165, 1.54) is 12.5 Å². The van der Waals surface area contributed by atoms with Crippen molar-refractivity contribution < 1.29 is 89.4 Å². The number of rotatable bonds is 8. The molecule has 3 saturated carbocycles. The third-order valence-electron chi connectivity index (χ3n) is 18.6. The van der Waals surface area contributed by atoms with Crippen LogP contribution in [-0.4, -0.2) is 180 Å². The monoisotopic (exact) mass is 926 g/mol. The van der Waals surface area contributed by atoms with Crippen LogP contribution in [0.5, 0.6) is 0 Å². The highest BCUT2D eigenvalue weighted by Gasteiger charge is 2.70. The van der Waals surface area contributed by atoms with Crippen molar-refractivity contribution in [3.63, 3.8) is 0 Å². The fourth-order valence-electron chi connectivity index (χ4n) is 14.4. The van der Waals surface area contributed by atoms with Crippen molar-refractivity contribution in [2.75, 3.05) is 13.2 Å². The van der Waals surface area contributed by atoms with E-state index in [0.29, 0.717) is 32.1 Å². The highest BCUT2D eigenvalue weighted by molar-refractivity contribution is 5.79. The van der Waals surface area contributed by atoms with Crippen molar-refractivity contribution in [2.24, 2.45) is 44.8 Å². The van der Waals surface area contributed by atoms with E-state index in [1.807, 2.05) is 0 Å². The molecule has 24 atom stereocenters. The summed E-state index contributed by atoms with van der Waals surface area (Å²) in [5.74, 6) is -0.387. The predicted octanol–water partition coefficient (Wildman–Crippen LogP) is -0.331. The van der Waals surface area contributed by atoms with E-state index in [4.69, 9.17) is 28.4 Å². The van der Waals surface area contributed by atoms with E-state index < -0.39 is 134 Å². The summed E-state index contributed by atoms with van der Waals surface area (Å²) in [6.45, 7) is 13.3. The molecule has 0 aromatic rings. The molecule has 3 aliphatic heterocycles. The van der Waals surface area contributed by atoms with Crippen LogP contribution < -0.4 is 0 Å². The number of carbonyl (C=O) groups is 1. The lowest BCUT2D eigenvalue weighted by molar-refractivity contribution is -0.361. The molecule has 0 unspecified atom stereocenters. The van der Waals surface area contributed by atoms with E-state index in [0.717, 1.165) is 24.8 Å². The molecule has 3 saturated heterocycles. The van der Waals surface area contributed by atoms with E-state index in [9.17, 15) is 61.0 Å². The summed E-state index contributed by atoms with van der Waals surface area (Å²) >= 11 is 0. The molecule has 0 aromatic carbocycles. The molecule has 370 valence electrons. The van der Waals surface area contributed by atoms with E-state index in [-0.39, 0.29) is 34.0 Å². The van der Waals surface area contributed by atoms with Crippen molar-refractivity contribution in [2.45, 2.75) is 204 Å². The zero-order valence-corrected chi connectivity index (χ0v) is 38.5. The maximum Gasteiger partial charge on any atom is 0.315 e. The number of hydrogen-bond donors (Lipinski definition) is 11. The molecule has 6 fully saturated rings. The fourth-order valence-corrected chi connectivity index (χ4v) is 14.4. The third kappa shape index (κ3) is 7.72. The molecule has 65 heavy (non-hydrogen) atoms. The smallest absolute Gasteiger partial charge is 0.315 e. The van der Waals surface area contributed by atoms with Gasteiger partial charge in [-0.1, -0.05) is 57.9 Å². The number of esters is 1. The molecule has 0 amide bonds. The van der Waals surface area contributed by atoms with Crippen molar-refractivity contribution in [1.82, 2.24) is 0 Å². The van der Waals surface area contributed by atoms with Crippen LogP contribution in [0.4, 0.5) is 0 Å². The molecule has 3 heterocycles. The van der Waals surface area contributed by atoms with Crippen LogP contribution in [0, 0.1) is 44.8 Å². The standard InChI is InChI=1S/C47H74O18/c1-20-10-13-47(15-14-45(6)22(23(47)16-20)8-9-28-44(5)17-24(49)38(58)43(3,4)27(44)11-12-46(28,45)7)42(59)65-41-35(56)32(53)30(51)26(63-41)19-60-39-36(57)33(54)37(25(18-48)62-39)64-40-34(55)31(52)29(50)21(2)61-40/h8,10,21,23-41,48-58H,9,11-19H2,1-7H3/t21-,23-,24+,25+,26+,27-,28+,29-,30+,31+,32-,33+,34+,35+,36+,37+,38-,39+,40-,41-,44-,45+,46+,47-/m0/s1. The highest BCUT2D eigenvalue weighted by atomic mass is 16.8. The van der Waals surface area contributed by atoms with Gasteiger partial charge in [0.15, 0.2) is 12.6 Å². The first-order chi connectivity index (χ1) is 30.4. The summed E-state index contributed by atoms with van der Waals surface area (Å²) in [7, 11) is 0. The summed E-state index contributed by atoms with van der Waals surface area (Å²) in [6.07, 6.45) is -16.2. The minimum absolute atomic E-state index is 0.169. The molecule has 0 aromatic heterocycles. The Labute approximate surface area is 380 Å². The van der Waals surface area contributed by atoms with Gasteiger partial charge in [-0.15, -0.1) is 0 Å². The topological polar surface area (TPSA) is 295 Å². The molecule has 8 aliphatic rings. The molecule has 0 radical (unpaired) electrons. The number of fused-ring (bicyclic) bond motifs is 7. The van der Waals surface area contributed by atoms with Crippen LogP contribution in [0.1, 0.15) is 99.8 Å². The minimum Gasteiger partial charge on any atom is -0.432 e. The van der Waals surface area contributed by atoms with E-state index in [1.54, 1.807) is 0 Å². The number of allylic oxidation sites excluding steroid dienone is 4. The zero-order chi connectivity index (χ0) is 47.5. The van der Waals surface area contributed by atoms with Gasteiger partial charge in [0, 0.05) is 5.92 Å². The molecule has 8 rings (SSSR count). The van der Waals surface area contributed by atoms with Gasteiger partial charge in [0.25, 0.3) is 0 Å². The zero-order valence-electron chi connectivity index (χ0n) is 38.5. The van der Waals surface area contributed by atoms with Gasteiger partial charge in [0.2, 0.25) is 6.29 Å². The number of hydrogen-bond acceptors (Lipinski definition) is 18. The molecule has 18 heteroatoms. The quantitative estimate of drug-likeness (QED) is 0.110. The van der Waals surface area contributed by atoms with Gasteiger partial charge in [-0.2, -0.15) is 0 Å². The first-order valence-electron chi connectivity index (χ1n) is 23.6. The van der Waals surface area contributed by atoms with Crippen LogP contribution in [0.25, 0.3) is 0 Å². The van der Waals surface area contributed by atoms with Gasteiger partial charge >= 0.3 is 5.97 Å². The number of aliphatic hydroxyl groups is 11. The fraction of sp³-hybridized carbons (Fsp3) is 0.894. The number of ether oxygens (including phenoxy) is 6. The Morgan fingerprint density at radius 2 is 1.38 bits per heavy atom. The van der Waals surface area contributed by atoms with E-state index in [2.05, 4.69) is 53.7 Å². The van der Waals surface area contributed by atoms with Gasteiger partial charge in [-0.3, -0.25) is 4.79 Å². The van der Waals surface area contributed by atoms with Crippen molar-refractivity contribution in [3.05, 3.63) is 23.3 Å². The maximum absolute atomic E-state index is 14.8. The van der Waals surface area contributed by atoms with Gasteiger partial charge in [-0.25, -0.2) is 0 Å². The summed E-state index contributed by atoms with van der Waals surface area (Å²) in [5, 5.41) is 119. The maximum atomic E-state index is 14.8. The molecule has 18 nitrogen and oxygen atoms in total. The van der Waals surface area contributed by atoms with E-state index >= 15 is 0 Å². The van der Waals surface area contributed by atoms with Crippen LogP contribution in [0.3, 0.4) is 0 Å². The average molecular weight is 927 g/mol. The second-order valence-electron chi connectivity index (χ2n) is 22.2. The molecule has 5 aliphatic carbocycles. The van der Waals surface area contributed by atoms with Crippen molar-refractivity contribution >= 4 is 5.97 Å². The Morgan fingerprint density at radius 3 is 2.08 bits per heavy atom. The lowest BCUT2D eigenvalue weighted by Gasteiger charge is -2.71. The minimum atomic E-state index is -1.85. The highest BCUT2D eigenvalue weighted by Crippen LogP contribution is 2.75. The summed E-state index contributed by atoms with van der Waals surface area (Å²) in [5.41, 5.74) is 0.194. The lowest BCUT2D eigenvalue weighted by Crippen LogP contribution is -2.67. The van der Waals surface area contributed by atoms with Crippen molar-refractivity contribution in [1.29, 1.82) is 0 Å². The Bertz CT molecular complexity index is 1830. The molecule has 0 spiro atoms. The Hall–Kier alpha value is -1.69. The largest absolute Gasteiger partial charge is 0.432 e. The lowest BCUT2D eigenvalue weighted by atomic mass is 9.34. The first-order valence-corrected chi connectivity index (χ1v) is 23.6. The summed E-state index contributed by atoms with van der Waals surface area (Å²) < 4.78 is 34.6. The number of carbonyl (C=O) groups excluding carboxylic acids is 1. The summed E-state index contributed by atoms with van der Waals surface area (Å²) in [6, 6.07) is 0. The number of aliphatic hydroxyl groups excluding tert-OH is 11. The normalized spacial score (nSPS) is 54.2. The van der Waals surface area contributed by atoms with Crippen LogP contribution in [-0.2, 0) is 33.2 Å². The van der Waals surface area contributed by atoms with Crippen LogP contribution in [0.15, 0.2) is 23.3 Å². The SMILES string of the molecule is CC1=CC[C@]2(C(=O)O[C@@H]3O[C@H](CO[C@@H]4O[C@H](CO)[C@@H](O[C@@H]5O[C@@H](C)[C@H](O)[C@@H](O)[C@H]5O)[C@H](O)[C@H]4O)[C@@H](O)[C@H](O)[C@H]3O)CC[C@]3(C)C(=CC[C@@H]4[C@@]5(C)C[C@@H](O)[C@H](O)C(C)(C)[C@@H]5CC[C@]43C)[C@@H]2C1. The van der Waals surface area contributed by atoms with Gasteiger partial charge in [0.05, 0.1) is 36.9 Å².